The maximum atomic E-state index is 4.62. The van der Waals surface area contributed by atoms with Crippen molar-refractivity contribution in [3.05, 3.63) is 41.6 Å². The molecular weight excluding hydrogens is 296 g/mol. The lowest BCUT2D eigenvalue weighted by Crippen LogP contribution is -2.14. The zero-order valence-electron chi connectivity index (χ0n) is 15.6. The molecule has 24 heavy (non-hydrogen) atoms. The molecule has 0 saturated heterocycles. The van der Waals surface area contributed by atoms with Gasteiger partial charge in [0.05, 0.1) is 0 Å². The summed E-state index contributed by atoms with van der Waals surface area (Å²) in [6.45, 7) is 11.8. The van der Waals surface area contributed by atoms with E-state index < -0.39 is 0 Å². The highest BCUT2D eigenvalue weighted by molar-refractivity contribution is 5.61. The van der Waals surface area contributed by atoms with E-state index in [1.54, 1.807) is 0 Å². The predicted molar refractivity (Wildman–Crippen MR) is 103 cm³/mol. The van der Waals surface area contributed by atoms with Crippen LogP contribution in [0, 0.1) is 6.92 Å². The third kappa shape index (κ3) is 5.22. The number of hydrogen-bond donors (Lipinski definition) is 2. The molecular formula is C20H30N4. The lowest BCUT2D eigenvalue weighted by atomic mass is 9.86. The Kier molecular flexibility index (Phi) is 6.18. The van der Waals surface area contributed by atoms with Crippen molar-refractivity contribution in [2.45, 2.75) is 59.3 Å². The summed E-state index contributed by atoms with van der Waals surface area (Å²) in [5, 5.41) is 6.80. The van der Waals surface area contributed by atoms with Crippen LogP contribution in [0.5, 0.6) is 0 Å². The molecule has 4 nitrogen and oxygen atoms in total. The first-order valence-electron chi connectivity index (χ1n) is 8.86. The number of unbranched alkanes of at least 4 members (excludes halogenated alkanes) is 2. The number of aromatic nitrogens is 2. The van der Waals surface area contributed by atoms with E-state index in [0.29, 0.717) is 5.95 Å². The third-order valence-corrected chi connectivity index (χ3v) is 3.92. The number of hydrogen-bond acceptors (Lipinski definition) is 4. The van der Waals surface area contributed by atoms with Gasteiger partial charge in [-0.3, -0.25) is 0 Å². The second-order valence-electron chi connectivity index (χ2n) is 7.27. The minimum Gasteiger partial charge on any atom is -0.370 e. The SMILES string of the molecule is CCCCCNc1cc(C)nc(Nc2ccccc2C(C)(C)C)n1. The van der Waals surface area contributed by atoms with Crippen LogP contribution >= 0.6 is 0 Å². The van der Waals surface area contributed by atoms with Crippen LogP contribution < -0.4 is 10.6 Å². The molecule has 0 fully saturated rings. The molecule has 0 unspecified atom stereocenters. The fourth-order valence-electron chi connectivity index (χ4n) is 2.67. The fraction of sp³-hybridized carbons (Fsp3) is 0.500. The van der Waals surface area contributed by atoms with Crippen molar-refractivity contribution in [2.24, 2.45) is 0 Å². The maximum Gasteiger partial charge on any atom is 0.229 e. The van der Waals surface area contributed by atoms with Crippen LogP contribution in [0.25, 0.3) is 0 Å². The van der Waals surface area contributed by atoms with Crippen LogP contribution in [0.15, 0.2) is 30.3 Å². The summed E-state index contributed by atoms with van der Waals surface area (Å²) in [6.07, 6.45) is 3.62. The first-order valence-corrected chi connectivity index (χ1v) is 8.86. The summed E-state index contributed by atoms with van der Waals surface area (Å²) in [7, 11) is 0. The van der Waals surface area contributed by atoms with Crippen LogP contribution in [-0.2, 0) is 5.41 Å². The van der Waals surface area contributed by atoms with Crippen molar-refractivity contribution in [1.82, 2.24) is 9.97 Å². The van der Waals surface area contributed by atoms with E-state index in [2.05, 4.69) is 66.5 Å². The molecule has 0 aliphatic carbocycles. The summed E-state index contributed by atoms with van der Waals surface area (Å²) in [5.74, 6) is 1.53. The molecule has 1 aromatic heterocycles. The monoisotopic (exact) mass is 326 g/mol. The standard InChI is InChI=1S/C20H30N4/c1-6-7-10-13-21-18-14-15(2)22-19(24-18)23-17-12-9-8-11-16(17)20(3,4)5/h8-9,11-12,14H,6-7,10,13H2,1-5H3,(H2,21,22,23,24). The van der Waals surface area contributed by atoms with Crippen molar-refractivity contribution in [2.75, 3.05) is 17.2 Å². The Balaban J connectivity index is 2.17. The van der Waals surface area contributed by atoms with Crippen LogP contribution in [-0.4, -0.2) is 16.5 Å². The van der Waals surface area contributed by atoms with Gasteiger partial charge in [-0.25, -0.2) is 4.98 Å². The zero-order valence-corrected chi connectivity index (χ0v) is 15.6. The maximum absolute atomic E-state index is 4.62. The minimum atomic E-state index is 0.0641. The van der Waals surface area contributed by atoms with Gasteiger partial charge in [-0.05, 0) is 30.4 Å². The second-order valence-corrected chi connectivity index (χ2v) is 7.27. The number of para-hydroxylation sites is 1. The van der Waals surface area contributed by atoms with Gasteiger partial charge in [0.2, 0.25) is 5.95 Å². The number of nitrogens with zero attached hydrogens (tertiary/aromatic N) is 2. The van der Waals surface area contributed by atoms with Crippen molar-refractivity contribution in [3.63, 3.8) is 0 Å². The van der Waals surface area contributed by atoms with Gasteiger partial charge in [0.1, 0.15) is 5.82 Å². The van der Waals surface area contributed by atoms with E-state index in [9.17, 15) is 0 Å². The molecule has 2 N–H and O–H groups in total. The first-order chi connectivity index (χ1) is 11.4. The predicted octanol–water partition coefficient (Wildman–Crippen LogP) is 5.43. The van der Waals surface area contributed by atoms with Gasteiger partial charge in [0.25, 0.3) is 0 Å². The topological polar surface area (TPSA) is 49.8 Å². The lowest BCUT2D eigenvalue weighted by Gasteiger charge is -2.23. The minimum absolute atomic E-state index is 0.0641. The number of nitrogens with one attached hydrogen (secondary N) is 2. The van der Waals surface area contributed by atoms with E-state index in [1.807, 2.05) is 19.1 Å². The van der Waals surface area contributed by atoms with Gasteiger partial charge in [-0.1, -0.05) is 58.7 Å². The molecule has 0 bridgehead atoms. The largest absolute Gasteiger partial charge is 0.370 e. The summed E-state index contributed by atoms with van der Waals surface area (Å²) in [6, 6.07) is 10.3. The number of benzene rings is 1. The van der Waals surface area contributed by atoms with Gasteiger partial charge < -0.3 is 10.6 Å². The van der Waals surface area contributed by atoms with Crippen LogP contribution in [0.1, 0.15) is 58.2 Å². The Bertz CT molecular complexity index is 659. The summed E-state index contributed by atoms with van der Waals surface area (Å²) in [5.41, 5.74) is 3.34. The zero-order chi connectivity index (χ0) is 17.6. The molecule has 130 valence electrons. The molecule has 1 aromatic carbocycles. The average molecular weight is 326 g/mol. The molecule has 2 rings (SSSR count). The molecule has 1 heterocycles. The number of rotatable bonds is 7. The van der Waals surface area contributed by atoms with Crippen molar-refractivity contribution >= 4 is 17.5 Å². The van der Waals surface area contributed by atoms with Crippen LogP contribution in [0.3, 0.4) is 0 Å². The highest BCUT2D eigenvalue weighted by Gasteiger charge is 2.18. The smallest absolute Gasteiger partial charge is 0.229 e. The van der Waals surface area contributed by atoms with E-state index in [4.69, 9.17) is 0 Å². The fourth-order valence-corrected chi connectivity index (χ4v) is 2.67. The normalized spacial score (nSPS) is 11.4. The van der Waals surface area contributed by atoms with Gasteiger partial charge in [-0.2, -0.15) is 4.98 Å². The first kappa shape index (κ1) is 18.2. The molecule has 0 aliphatic heterocycles. The van der Waals surface area contributed by atoms with Crippen LogP contribution in [0.2, 0.25) is 0 Å². The van der Waals surface area contributed by atoms with Crippen LogP contribution in [0.4, 0.5) is 17.5 Å². The molecule has 0 saturated carbocycles. The Labute approximate surface area is 146 Å². The lowest BCUT2D eigenvalue weighted by molar-refractivity contribution is 0.592. The molecule has 0 atom stereocenters. The van der Waals surface area contributed by atoms with Crippen molar-refractivity contribution in [1.29, 1.82) is 0 Å². The number of anilines is 3. The van der Waals surface area contributed by atoms with Gasteiger partial charge in [0.15, 0.2) is 0 Å². The molecule has 0 aliphatic rings. The Morgan fingerprint density at radius 2 is 1.79 bits per heavy atom. The summed E-state index contributed by atoms with van der Waals surface area (Å²) >= 11 is 0. The summed E-state index contributed by atoms with van der Waals surface area (Å²) < 4.78 is 0. The second kappa shape index (κ2) is 8.13. The van der Waals surface area contributed by atoms with E-state index in [0.717, 1.165) is 30.2 Å². The van der Waals surface area contributed by atoms with E-state index >= 15 is 0 Å². The van der Waals surface area contributed by atoms with Gasteiger partial charge in [-0.15, -0.1) is 0 Å². The summed E-state index contributed by atoms with van der Waals surface area (Å²) in [4.78, 5) is 9.15. The Morgan fingerprint density at radius 3 is 2.50 bits per heavy atom. The van der Waals surface area contributed by atoms with E-state index in [1.165, 1.54) is 18.4 Å². The van der Waals surface area contributed by atoms with Gasteiger partial charge in [0, 0.05) is 24.0 Å². The van der Waals surface area contributed by atoms with Crippen molar-refractivity contribution < 1.29 is 0 Å². The molecule has 4 heteroatoms. The average Bonchev–Trinajstić information content (AvgIpc) is 2.50. The molecule has 2 aromatic rings. The van der Waals surface area contributed by atoms with E-state index in [-0.39, 0.29) is 5.41 Å². The third-order valence-electron chi connectivity index (χ3n) is 3.92. The van der Waals surface area contributed by atoms with Gasteiger partial charge >= 0.3 is 0 Å². The molecule has 0 spiro atoms. The van der Waals surface area contributed by atoms with Crippen molar-refractivity contribution in [3.8, 4) is 0 Å². The Morgan fingerprint density at radius 1 is 1.04 bits per heavy atom. The quantitative estimate of drug-likeness (QED) is 0.666. The Hall–Kier alpha value is -2.10. The number of aryl methyl sites for hydroxylation is 1. The molecule has 0 amide bonds. The molecule has 0 radical (unpaired) electrons. The highest BCUT2D eigenvalue weighted by atomic mass is 15.1. The highest BCUT2D eigenvalue weighted by Crippen LogP contribution is 2.30.